The van der Waals surface area contributed by atoms with Gasteiger partial charge in [0.05, 0.1) is 5.92 Å². The lowest BCUT2D eigenvalue weighted by Crippen LogP contribution is -2.40. The van der Waals surface area contributed by atoms with E-state index < -0.39 is 0 Å². The zero-order valence-electron chi connectivity index (χ0n) is 13.4. The lowest BCUT2D eigenvalue weighted by molar-refractivity contribution is -0.135. The Morgan fingerprint density at radius 3 is 2.25 bits per heavy atom. The van der Waals surface area contributed by atoms with Crippen molar-refractivity contribution in [3.8, 4) is 0 Å². The molecule has 0 heterocycles. The first-order valence-electron chi connectivity index (χ1n) is 8.30. The number of aliphatic hydroxyl groups excluding tert-OH is 1. The summed E-state index contributed by atoms with van der Waals surface area (Å²) in [7, 11) is 0. The summed E-state index contributed by atoms with van der Waals surface area (Å²) < 4.78 is 0. The molecule has 0 saturated carbocycles. The minimum Gasteiger partial charge on any atom is -0.396 e. The Labute approximate surface area is 124 Å². The molecule has 120 valence electrons. The van der Waals surface area contributed by atoms with Gasteiger partial charge in [0, 0.05) is 26.2 Å². The fraction of sp³-hybridized carbons (Fsp3) is 0.938. The maximum absolute atomic E-state index is 12.5. The van der Waals surface area contributed by atoms with E-state index in [0.29, 0.717) is 19.5 Å². The summed E-state index contributed by atoms with van der Waals surface area (Å²) in [5.74, 6) is 0.132. The van der Waals surface area contributed by atoms with Gasteiger partial charge >= 0.3 is 0 Å². The topological polar surface area (TPSA) is 66.6 Å². The van der Waals surface area contributed by atoms with Crippen LogP contribution in [0.15, 0.2) is 0 Å². The molecule has 4 nitrogen and oxygen atoms in total. The van der Waals surface area contributed by atoms with Crippen molar-refractivity contribution in [1.29, 1.82) is 0 Å². The number of nitrogens with zero attached hydrogens (tertiary/aromatic N) is 1. The SMILES string of the molecule is CCCCCCCN(CCCO)C(=O)C(CN)CCC. The third-order valence-corrected chi connectivity index (χ3v) is 3.70. The van der Waals surface area contributed by atoms with Crippen molar-refractivity contribution in [2.24, 2.45) is 11.7 Å². The van der Waals surface area contributed by atoms with E-state index >= 15 is 0 Å². The molecule has 0 aromatic carbocycles. The third kappa shape index (κ3) is 8.54. The van der Waals surface area contributed by atoms with Crippen LogP contribution in [0.4, 0.5) is 0 Å². The normalized spacial score (nSPS) is 12.4. The van der Waals surface area contributed by atoms with Crippen molar-refractivity contribution in [1.82, 2.24) is 4.90 Å². The molecule has 1 unspecified atom stereocenters. The largest absolute Gasteiger partial charge is 0.396 e. The number of amides is 1. The van der Waals surface area contributed by atoms with Gasteiger partial charge in [0.1, 0.15) is 0 Å². The molecule has 0 fully saturated rings. The minimum absolute atomic E-state index is 0.0469. The monoisotopic (exact) mass is 286 g/mol. The Kier molecular flexibility index (Phi) is 13.0. The number of unbranched alkanes of at least 4 members (excludes halogenated alkanes) is 4. The molecule has 0 rings (SSSR count). The molecular weight excluding hydrogens is 252 g/mol. The van der Waals surface area contributed by atoms with Gasteiger partial charge in [-0.3, -0.25) is 4.79 Å². The smallest absolute Gasteiger partial charge is 0.226 e. The molecule has 1 amide bonds. The summed E-state index contributed by atoms with van der Waals surface area (Å²) >= 11 is 0. The quantitative estimate of drug-likeness (QED) is 0.511. The first kappa shape index (κ1) is 19.4. The van der Waals surface area contributed by atoms with E-state index in [1.54, 1.807) is 0 Å². The highest BCUT2D eigenvalue weighted by Gasteiger charge is 2.21. The van der Waals surface area contributed by atoms with E-state index in [2.05, 4.69) is 13.8 Å². The van der Waals surface area contributed by atoms with Crippen LogP contribution >= 0.6 is 0 Å². The fourth-order valence-corrected chi connectivity index (χ4v) is 2.45. The van der Waals surface area contributed by atoms with Gasteiger partial charge in [0.2, 0.25) is 5.91 Å². The maximum Gasteiger partial charge on any atom is 0.226 e. The molecule has 0 aromatic rings. The summed E-state index contributed by atoms with van der Waals surface area (Å²) in [4.78, 5) is 14.4. The predicted molar refractivity (Wildman–Crippen MR) is 84.5 cm³/mol. The van der Waals surface area contributed by atoms with Crippen LogP contribution in [0.5, 0.6) is 0 Å². The molecule has 0 radical (unpaired) electrons. The number of rotatable bonds is 13. The van der Waals surface area contributed by atoms with Crippen LogP contribution in [0.3, 0.4) is 0 Å². The molecule has 20 heavy (non-hydrogen) atoms. The number of aliphatic hydroxyl groups is 1. The average Bonchev–Trinajstić information content (AvgIpc) is 2.47. The van der Waals surface area contributed by atoms with Gasteiger partial charge in [0.15, 0.2) is 0 Å². The average molecular weight is 286 g/mol. The van der Waals surface area contributed by atoms with Crippen molar-refractivity contribution >= 4 is 5.91 Å². The highest BCUT2D eigenvalue weighted by atomic mass is 16.3. The van der Waals surface area contributed by atoms with E-state index in [4.69, 9.17) is 10.8 Å². The van der Waals surface area contributed by atoms with Gasteiger partial charge in [-0.1, -0.05) is 46.0 Å². The van der Waals surface area contributed by atoms with Crippen LogP contribution in [0.1, 0.15) is 65.2 Å². The van der Waals surface area contributed by atoms with E-state index in [-0.39, 0.29) is 18.4 Å². The second kappa shape index (κ2) is 13.4. The van der Waals surface area contributed by atoms with Crippen molar-refractivity contribution in [2.75, 3.05) is 26.2 Å². The molecule has 3 N–H and O–H groups in total. The van der Waals surface area contributed by atoms with Gasteiger partial charge in [0.25, 0.3) is 0 Å². The molecule has 0 spiro atoms. The van der Waals surface area contributed by atoms with E-state index in [1.165, 1.54) is 25.7 Å². The highest BCUT2D eigenvalue weighted by molar-refractivity contribution is 5.79. The summed E-state index contributed by atoms with van der Waals surface area (Å²) in [5.41, 5.74) is 5.72. The molecule has 0 aliphatic rings. The fourth-order valence-electron chi connectivity index (χ4n) is 2.45. The summed E-state index contributed by atoms with van der Waals surface area (Å²) in [6.45, 7) is 6.32. The van der Waals surface area contributed by atoms with Crippen molar-refractivity contribution < 1.29 is 9.90 Å². The van der Waals surface area contributed by atoms with Crippen LogP contribution in [0.25, 0.3) is 0 Å². The molecular formula is C16H34N2O2. The van der Waals surface area contributed by atoms with E-state index in [1.807, 2.05) is 4.90 Å². The number of carbonyl (C=O) groups is 1. The van der Waals surface area contributed by atoms with E-state index in [9.17, 15) is 4.79 Å². The zero-order chi connectivity index (χ0) is 15.2. The predicted octanol–water partition coefficient (Wildman–Crippen LogP) is 2.54. The van der Waals surface area contributed by atoms with Crippen LogP contribution in [0.2, 0.25) is 0 Å². The van der Waals surface area contributed by atoms with Crippen molar-refractivity contribution in [2.45, 2.75) is 65.2 Å². The van der Waals surface area contributed by atoms with E-state index in [0.717, 1.165) is 25.8 Å². The second-order valence-corrected chi connectivity index (χ2v) is 5.54. The first-order valence-corrected chi connectivity index (χ1v) is 8.30. The van der Waals surface area contributed by atoms with Crippen LogP contribution in [0, 0.1) is 5.92 Å². The van der Waals surface area contributed by atoms with Gasteiger partial charge < -0.3 is 15.7 Å². The van der Waals surface area contributed by atoms with Crippen LogP contribution in [-0.2, 0) is 4.79 Å². The van der Waals surface area contributed by atoms with Gasteiger partial charge in [-0.25, -0.2) is 0 Å². The molecule has 0 saturated heterocycles. The van der Waals surface area contributed by atoms with Crippen molar-refractivity contribution in [3.63, 3.8) is 0 Å². The Morgan fingerprint density at radius 1 is 1.05 bits per heavy atom. The lowest BCUT2D eigenvalue weighted by Gasteiger charge is -2.26. The Balaban J connectivity index is 4.25. The zero-order valence-corrected chi connectivity index (χ0v) is 13.4. The minimum atomic E-state index is -0.0469. The number of hydrogen-bond donors (Lipinski definition) is 2. The maximum atomic E-state index is 12.5. The highest BCUT2D eigenvalue weighted by Crippen LogP contribution is 2.12. The van der Waals surface area contributed by atoms with Crippen LogP contribution in [-0.4, -0.2) is 42.2 Å². The second-order valence-electron chi connectivity index (χ2n) is 5.54. The van der Waals surface area contributed by atoms with Crippen molar-refractivity contribution in [3.05, 3.63) is 0 Å². The lowest BCUT2D eigenvalue weighted by atomic mass is 10.0. The Morgan fingerprint density at radius 2 is 1.70 bits per heavy atom. The number of nitrogens with two attached hydrogens (primary N) is 1. The molecule has 0 aliphatic heterocycles. The molecule has 1 atom stereocenters. The molecule has 0 bridgehead atoms. The summed E-state index contributed by atoms with van der Waals surface area (Å²) in [5, 5.41) is 8.97. The van der Waals surface area contributed by atoms with Crippen LogP contribution < -0.4 is 5.73 Å². The summed E-state index contributed by atoms with van der Waals surface area (Å²) in [6, 6.07) is 0. The molecule has 0 aromatic heterocycles. The molecule has 0 aliphatic carbocycles. The summed E-state index contributed by atoms with van der Waals surface area (Å²) in [6.07, 6.45) is 8.49. The third-order valence-electron chi connectivity index (χ3n) is 3.70. The Bertz CT molecular complexity index is 235. The van der Waals surface area contributed by atoms with Gasteiger partial charge in [-0.05, 0) is 19.3 Å². The Hall–Kier alpha value is -0.610. The molecule has 4 heteroatoms. The first-order chi connectivity index (χ1) is 9.71. The number of carbonyl (C=O) groups excluding carboxylic acids is 1. The van der Waals surface area contributed by atoms with Gasteiger partial charge in [-0.15, -0.1) is 0 Å². The van der Waals surface area contributed by atoms with Gasteiger partial charge in [-0.2, -0.15) is 0 Å². The standard InChI is InChI=1S/C16H34N2O2/c1-3-5-6-7-8-11-18(12-9-13-19)16(20)15(14-17)10-4-2/h15,19H,3-14,17H2,1-2H3. The number of hydrogen-bond acceptors (Lipinski definition) is 3.